The quantitative estimate of drug-likeness (QED) is 0.896. The van der Waals surface area contributed by atoms with E-state index in [1.807, 2.05) is 25.4 Å². The van der Waals surface area contributed by atoms with Crippen molar-refractivity contribution < 1.29 is 0 Å². The van der Waals surface area contributed by atoms with E-state index in [4.69, 9.17) is 0 Å². The molecule has 92 valence electrons. The van der Waals surface area contributed by atoms with Crippen LogP contribution in [0.5, 0.6) is 0 Å². The molecular weight excluding hydrogens is 224 g/mol. The van der Waals surface area contributed by atoms with Crippen molar-refractivity contribution in [2.24, 2.45) is 0 Å². The zero-order valence-corrected chi connectivity index (χ0v) is 10.6. The molecule has 2 aromatic rings. The average molecular weight is 240 g/mol. The van der Waals surface area contributed by atoms with E-state index in [2.05, 4.69) is 27.2 Å². The van der Waals surface area contributed by atoms with Gasteiger partial charge in [0.1, 0.15) is 11.6 Å². The molecule has 0 atom stereocenters. The molecule has 0 saturated heterocycles. The van der Waals surface area contributed by atoms with Gasteiger partial charge in [-0.2, -0.15) is 0 Å². The first-order valence-electron chi connectivity index (χ1n) is 6.25. The van der Waals surface area contributed by atoms with Gasteiger partial charge in [-0.15, -0.1) is 0 Å². The number of anilines is 1. The lowest BCUT2D eigenvalue weighted by Gasteiger charge is -2.09. The van der Waals surface area contributed by atoms with Crippen LogP contribution in [0.2, 0.25) is 0 Å². The van der Waals surface area contributed by atoms with Gasteiger partial charge in [-0.1, -0.05) is 0 Å². The summed E-state index contributed by atoms with van der Waals surface area (Å²) in [5.74, 6) is 2.39. The number of nitrogens with zero attached hydrogens (tertiary/aromatic N) is 3. The van der Waals surface area contributed by atoms with Crippen molar-refractivity contribution in [3.63, 3.8) is 0 Å². The molecule has 0 radical (unpaired) electrons. The maximum atomic E-state index is 4.68. The van der Waals surface area contributed by atoms with Crippen LogP contribution in [-0.2, 0) is 0 Å². The van der Waals surface area contributed by atoms with Gasteiger partial charge in [0.25, 0.3) is 0 Å². The number of hydrogen-bond donors (Lipinski definition) is 1. The van der Waals surface area contributed by atoms with Crippen molar-refractivity contribution in [3.05, 3.63) is 35.9 Å². The summed E-state index contributed by atoms with van der Waals surface area (Å²) in [6.45, 7) is 2.08. The molecule has 0 spiro atoms. The lowest BCUT2D eigenvalue weighted by atomic mass is 10.1. The summed E-state index contributed by atoms with van der Waals surface area (Å²) in [5.41, 5.74) is 3.23. The second-order valence-electron chi connectivity index (χ2n) is 4.71. The number of rotatable bonds is 3. The van der Waals surface area contributed by atoms with Crippen molar-refractivity contribution in [2.45, 2.75) is 25.7 Å². The second kappa shape index (κ2) is 4.37. The lowest BCUT2D eigenvalue weighted by Crippen LogP contribution is -2.01. The predicted molar refractivity (Wildman–Crippen MR) is 71.5 cm³/mol. The third-order valence-corrected chi connectivity index (χ3v) is 3.26. The number of pyridine rings is 1. The van der Waals surface area contributed by atoms with Gasteiger partial charge in [0.15, 0.2) is 0 Å². The monoisotopic (exact) mass is 240 g/mol. The highest BCUT2D eigenvalue weighted by molar-refractivity contribution is 5.65. The normalized spacial score (nSPS) is 14.6. The zero-order chi connectivity index (χ0) is 12.5. The van der Waals surface area contributed by atoms with Crippen molar-refractivity contribution in [2.75, 3.05) is 12.4 Å². The summed E-state index contributed by atoms with van der Waals surface area (Å²) in [6, 6.07) is 3.99. The average Bonchev–Trinajstić information content (AvgIpc) is 3.23. The van der Waals surface area contributed by atoms with E-state index in [-0.39, 0.29) is 0 Å². The van der Waals surface area contributed by atoms with Crippen LogP contribution >= 0.6 is 0 Å². The molecule has 0 unspecified atom stereocenters. The van der Waals surface area contributed by atoms with Crippen LogP contribution in [0, 0.1) is 6.92 Å². The van der Waals surface area contributed by atoms with E-state index < -0.39 is 0 Å². The van der Waals surface area contributed by atoms with Gasteiger partial charge in [0, 0.05) is 37.0 Å². The van der Waals surface area contributed by atoms with Crippen molar-refractivity contribution >= 4 is 5.82 Å². The third kappa shape index (κ3) is 2.06. The maximum absolute atomic E-state index is 4.68. The van der Waals surface area contributed by atoms with E-state index in [1.165, 1.54) is 18.4 Å². The minimum Gasteiger partial charge on any atom is -0.373 e. The summed E-state index contributed by atoms with van der Waals surface area (Å²) < 4.78 is 0. The Morgan fingerprint density at radius 1 is 1.28 bits per heavy atom. The lowest BCUT2D eigenvalue weighted by molar-refractivity contribution is 0.931. The second-order valence-corrected chi connectivity index (χ2v) is 4.71. The van der Waals surface area contributed by atoms with Crippen LogP contribution in [0.1, 0.15) is 30.1 Å². The number of hydrogen-bond acceptors (Lipinski definition) is 4. The molecule has 18 heavy (non-hydrogen) atoms. The van der Waals surface area contributed by atoms with Gasteiger partial charge in [0.05, 0.1) is 5.69 Å². The van der Waals surface area contributed by atoms with Crippen LogP contribution in [0.25, 0.3) is 11.3 Å². The van der Waals surface area contributed by atoms with E-state index in [0.717, 1.165) is 22.9 Å². The first-order valence-corrected chi connectivity index (χ1v) is 6.25. The summed E-state index contributed by atoms with van der Waals surface area (Å²) in [7, 11) is 1.89. The molecule has 0 aliphatic heterocycles. The molecule has 0 bridgehead atoms. The van der Waals surface area contributed by atoms with Crippen LogP contribution in [0.15, 0.2) is 24.5 Å². The van der Waals surface area contributed by atoms with Gasteiger partial charge in [0.2, 0.25) is 0 Å². The third-order valence-electron chi connectivity index (χ3n) is 3.26. The van der Waals surface area contributed by atoms with Gasteiger partial charge in [-0.3, -0.25) is 4.98 Å². The zero-order valence-electron chi connectivity index (χ0n) is 10.6. The Hall–Kier alpha value is -1.97. The van der Waals surface area contributed by atoms with Gasteiger partial charge in [-0.05, 0) is 31.4 Å². The Balaban J connectivity index is 2.10. The predicted octanol–water partition coefficient (Wildman–Crippen LogP) is 2.77. The van der Waals surface area contributed by atoms with Crippen LogP contribution < -0.4 is 5.32 Å². The van der Waals surface area contributed by atoms with Gasteiger partial charge < -0.3 is 5.32 Å². The molecule has 1 fully saturated rings. The summed E-state index contributed by atoms with van der Waals surface area (Å²) in [4.78, 5) is 13.4. The van der Waals surface area contributed by atoms with Crippen molar-refractivity contribution in [1.82, 2.24) is 15.0 Å². The van der Waals surface area contributed by atoms with Crippen molar-refractivity contribution in [3.8, 4) is 11.3 Å². The Morgan fingerprint density at radius 2 is 2.11 bits per heavy atom. The van der Waals surface area contributed by atoms with Crippen LogP contribution in [-0.4, -0.2) is 22.0 Å². The highest BCUT2D eigenvalue weighted by Gasteiger charge is 2.27. The molecule has 4 heteroatoms. The minimum absolute atomic E-state index is 0.550. The van der Waals surface area contributed by atoms with Gasteiger partial charge in [-0.25, -0.2) is 9.97 Å². The van der Waals surface area contributed by atoms with E-state index in [0.29, 0.717) is 5.92 Å². The van der Waals surface area contributed by atoms with Crippen molar-refractivity contribution in [1.29, 1.82) is 0 Å². The maximum Gasteiger partial charge on any atom is 0.134 e. The molecule has 1 aliphatic rings. The molecule has 1 saturated carbocycles. The standard InChI is InChI=1S/C14H16N4/c1-9-5-6-16-8-11(9)12-7-13(15-2)18-14(17-12)10-3-4-10/h5-8,10H,3-4H2,1-2H3,(H,15,17,18). The highest BCUT2D eigenvalue weighted by atomic mass is 15.0. The topological polar surface area (TPSA) is 50.7 Å². The Kier molecular flexibility index (Phi) is 2.70. The summed E-state index contributed by atoms with van der Waals surface area (Å²) >= 11 is 0. The molecular formula is C14H16N4. The molecule has 0 amide bonds. The fourth-order valence-electron chi connectivity index (χ4n) is 1.99. The molecule has 1 N–H and O–H groups in total. The Bertz CT molecular complexity index is 576. The number of nitrogens with one attached hydrogen (secondary N) is 1. The Morgan fingerprint density at radius 3 is 2.78 bits per heavy atom. The molecule has 0 aromatic carbocycles. The first-order chi connectivity index (χ1) is 8.78. The fraction of sp³-hybridized carbons (Fsp3) is 0.357. The molecule has 3 rings (SSSR count). The molecule has 2 aromatic heterocycles. The highest BCUT2D eigenvalue weighted by Crippen LogP contribution is 2.39. The SMILES string of the molecule is CNc1cc(-c2cnccc2C)nc(C2CC2)n1. The van der Waals surface area contributed by atoms with Gasteiger partial charge >= 0.3 is 0 Å². The summed E-state index contributed by atoms with van der Waals surface area (Å²) in [6.07, 6.45) is 6.09. The largest absolute Gasteiger partial charge is 0.373 e. The van der Waals surface area contributed by atoms with Crippen LogP contribution in [0.4, 0.5) is 5.82 Å². The van der Waals surface area contributed by atoms with E-state index in [9.17, 15) is 0 Å². The molecule has 2 heterocycles. The Labute approximate surface area is 107 Å². The summed E-state index contributed by atoms with van der Waals surface area (Å²) in [5, 5.41) is 3.11. The van der Waals surface area contributed by atoms with Crippen LogP contribution in [0.3, 0.4) is 0 Å². The first kappa shape index (κ1) is 11.1. The fourth-order valence-corrected chi connectivity index (χ4v) is 1.99. The van der Waals surface area contributed by atoms with E-state index in [1.54, 1.807) is 6.20 Å². The minimum atomic E-state index is 0.550. The molecule has 1 aliphatic carbocycles. The van der Waals surface area contributed by atoms with E-state index >= 15 is 0 Å². The smallest absolute Gasteiger partial charge is 0.134 e. The number of aromatic nitrogens is 3. The number of aryl methyl sites for hydroxylation is 1. The molecule has 4 nitrogen and oxygen atoms in total.